The summed E-state index contributed by atoms with van der Waals surface area (Å²) in [4.78, 5) is 32.8. The molecule has 9 nitrogen and oxygen atoms in total. The van der Waals surface area contributed by atoms with Crippen LogP contribution in [0.2, 0.25) is 0 Å². The molecule has 2 amide bonds. The molecular weight excluding hydrogens is 408 g/mol. The van der Waals surface area contributed by atoms with Crippen molar-refractivity contribution in [1.29, 1.82) is 0 Å². The summed E-state index contributed by atoms with van der Waals surface area (Å²) in [6.45, 7) is -0.245. The number of nitro groups is 1. The minimum Gasteiger partial charge on any atom is -0.483 e. The average molecular weight is 421 g/mol. The highest BCUT2D eigenvalue weighted by molar-refractivity contribution is 9.10. The molecule has 2 rings (SSSR count). The van der Waals surface area contributed by atoms with E-state index in [-0.39, 0.29) is 17.9 Å². The topological polar surface area (TPSA) is 137 Å². The molecule has 0 atom stereocenters. The molecule has 0 aliphatic heterocycles. The lowest BCUT2D eigenvalue weighted by Gasteiger charge is -2.06. The zero-order valence-corrected chi connectivity index (χ0v) is 14.8. The number of amides is 2. The van der Waals surface area contributed by atoms with Crippen LogP contribution < -0.4 is 15.9 Å². The maximum Gasteiger partial charge on any atom is 0.271 e. The van der Waals surface area contributed by atoms with Gasteiger partial charge in [-0.05, 0) is 45.8 Å². The molecule has 0 unspecified atom stereocenters. The van der Waals surface area contributed by atoms with Crippen LogP contribution in [0.5, 0.6) is 5.75 Å². The number of non-ortho nitro benzene ring substituents is 1. The zero-order valence-electron chi connectivity index (χ0n) is 13.2. The Balaban J connectivity index is 2.00. The Hall–Kier alpha value is -3.27. The van der Waals surface area contributed by atoms with Gasteiger partial charge >= 0.3 is 0 Å². The number of hydrazone groups is 1. The molecule has 2 aromatic carbocycles. The number of primary amides is 1. The van der Waals surface area contributed by atoms with Gasteiger partial charge in [0.1, 0.15) is 5.75 Å². The first kappa shape index (κ1) is 19.1. The summed E-state index contributed by atoms with van der Waals surface area (Å²) < 4.78 is 5.77. The van der Waals surface area contributed by atoms with Crippen molar-refractivity contribution in [3.05, 3.63) is 68.2 Å². The number of nitrogens with one attached hydrogen (secondary N) is 1. The van der Waals surface area contributed by atoms with Gasteiger partial charge in [0.05, 0.1) is 15.6 Å². The first-order valence-electron chi connectivity index (χ1n) is 7.15. The van der Waals surface area contributed by atoms with Gasteiger partial charge in [-0.2, -0.15) is 5.10 Å². The molecule has 0 fully saturated rings. The predicted molar refractivity (Wildman–Crippen MR) is 97.0 cm³/mol. The number of nitrogens with two attached hydrogens (primary N) is 1. The van der Waals surface area contributed by atoms with Crippen LogP contribution in [0.15, 0.2) is 52.0 Å². The largest absolute Gasteiger partial charge is 0.483 e. The van der Waals surface area contributed by atoms with Crippen molar-refractivity contribution >= 4 is 39.6 Å². The average Bonchev–Trinajstić information content (AvgIpc) is 2.60. The van der Waals surface area contributed by atoms with Crippen LogP contribution in [0, 0.1) is 10.1 Å². The normalized spacial score (nSPS) is 10.5. The summed E-state index contributed by atoms with van der Waals surface area (Å²) in [5.74, 6) is -0.738. The number of ether oxygens (including phenoxy) is 1. The molecule has 0 saturated carbocycles. The molecule has 0 radical (unpaired) electrons. The summed E-state index contributed by atoms with van der Waals surface area (Å²) in [7, 11) is 0. The number of carbonyl (C=O) groups is 2. The molecule has 10 heteroatoms. The van der Waals surface area contributed by atoms with Gasteiger partial charge in [0.25, 0.3) is 17.5 Å². The number of benzene rings is 2. The molecule has 2 aromatic rings. The first-order valence-corrected chi connectivity index (χ1v) is 7.94. The number of carbonyl (C=O) groups excluding carboxylic acids is 2. The van der Waals surface area contributed by atoms with Crippen LogP contribution in [-0.4, -0.2) is 29.6 Å². The van der Waals surface area contributed by atoms with E-state index in [1.807, 2.05) is 0 Å². The fourth-order valence-corrected chi connectivity index (χ4v) is 2.36. The lowest BCUT2D eigenvalue weighted by molar-refractivity contribution is -0.384. The van der Waals surface area contributed by atoms with E-state index in [0.29, 0.717) is 15.8 Å². The fraction of sp³-hybridized carbons (Fsp3) is 0.0625. The molecule has 0 aliphatic rings. The molecule has 0 spiro atoms. The van der Waals surface area contributed by atoms with Gasteiger partial charge in [0.2, 0.25) is 0 Å². The van der Waals surface area contributed by atoms with E-state index >= 15 is 0 Å². The van der Waals surface area contributed by atoms with Crippen molar-refractivity contribution < 1.29 is 19.2 Å². The van der Waals surface area contributed by atoms with E-state index in [2.05, 4.69) is 26.5 Å². The predicted octanol–water partition coefficient (Wildman–Crippen LogP) is 1.99. The molecular formula is C16H13BrN4O5. The quantitative estimate of drug-likeness (QED) is 0.400. The summed E-state index contributed by atoms with van der Waals surface area (Å²) in [5.41, 5.74) is 7.87. The van der Waals surface area contributed by atoms with E-state index in [9.17, 15) is 19.7 Å². The van der Waals surface area contributed by atoms with Crippen molar-refractivity contribution in [3.8, 4) is 5.75 Å². The number of hydrogen-bond acceptors (Lipinski definition) is 6. The number of nitrogens with zero attached hydrogens (tertiary/aromatic N) is 2. The van der Waals surface area contributed by atoms with Gasteiger partial charge in [-0.1, -0.05) is 6.07 Å². The monoisotopic (exact) mass is 420 g/mol. The Morgan fingerprint density at radius 2 is 2.08 bits per heavy atom. The maximum absolute atomic E-state index is 12.0. The minimum atomic E-state index is -0.591. The molecule has 0 aliphatic carbocycles. The van der Waals surface area contributed by atoms with Gasteiger partial charge in [0, 0.05) is 17.7 Å². The summed E-state index contributed by atoms with van der Waals surface area (Å²) >= 11 is 3.29. The van der Waals surface area contributed by atoms with Crippen LogP contribution in [0.25, 0.3) is 0 Å². The van der Waals surface area contributed by atoms with E-state index in [1.54, 1.807) is 18.2 Å². The second-order valence-corrected chi connectivity index (χ2v) is 5.81. The fourth-order valence-electron chi connectivity index (χ4n) is 1.85. The molecule has 0 bridgehead atoms. The third-order valence-electron chi connectivity index (χ3n) is 3.02. The van der Waals surface area contributed by atoms with Gasteiger partial charge in [0.15, 0.2) is 6.61 Å². The molecule has 3 N–H and O–H groups in total. The summed E-state index contributed by atoms with van der Waals surface area (Å²) in [5, 5.41) is 14.5. The second kappa shape index (κ2) is 8.72. The third-order valence-corrected chi connectivity index (χ3v) is 3.64. The van der Waals surface area contributed by atoms with E-state index in [4.69, 9.17) is 10.5 Å². The molecule has 0 saturated heterocycles. The Morgan fingerprint density at radius 3 is 2.73 bits per heavy atom. The molecule has 0 heterocycles. The first-order chi connectivity index (χ1) is 12.4. The Bertz CT molecular complexity index is 885. The van der Waals surface area contributed by atoms with Gasteiger partial charge < -0.3 is 10.5 Å². The number of halogens is 1. The number of hydrogen-bond donors (Lipinski definition) is 2. The Labute approximate surface area is 156 Å². The summed E-state index contributed by atoms with van der Waals surface area (Å²) in [6.07, 6.45) is 1.39. The minimum absolute atomic E-state index is 0.118. The van der Waals surface area contributed by atoms with Crippen molar-refractivity contribution in [1.82, 2.24) is 5.43 Å². The van der Waals surface area contributed by atoms with Gasteiger partial charge in [-0.25, -0.2) is 5.43 Å². The van der Waals surface area contributed by atoms with E-state index in [0.717, 1.165) is 6.07 Å². The highest BCUT2D eigenvalue weighted by Gasteiger charge is 2.10. The Morgan fingerprint density at radius 1 is 1.31 bits per heavy atom. The van der Waals surface area contributed by atoms with Crippen LogP contribution in [-0.2, 0) is 4.79 Å². The van der Waals surface area contributed by atoms with Crippen molar-refractivity contribution in [2.75, 3.05) is 6.61 Å². The highest BCUT2D eigenvalue weighted by atomic mass is 79.9. The van der Waals surface area contributed by atoms with Gasteiger partial charge in [-0.15, -0.1) is 0 Å². The summed E-state index contributed by atoms with van der Waals surface area (Å²) in [6, 6.07) is 10.2. The van der Waals surface area contributed by atoms with Crippen LogP contribution in [0.4, 0.5) is 5.69 Å². The lowest BCUT2D eigenvalue weighted by atomic mass is 10.2. The maximum atomic E-state index is 12.0. The van der Waals surface area contributed by atoms with Crippen molar-refractivity contribution in [2.45, 2.75) is 0 Å². The van der Waals surface area contributed by atoms with Gasteiger partial charge in [-0.3, -0.25) is 19.7 Å². The van der Waals surface area contributed by atoms with E-state index in [1.165, 1.54) is 24.4 Å². The third kappa shape index (κ3) is 5.38. The molecule has 134 valence electrons. The van der Waals surface area contributed by atoms with Crippen molar-refractivity contribution in [3.63, 3.8) is 0 Å². The van der Waals surface area contributed by atoms with Crippen LogP contribution >= 0.6 is 15.9 Å². The van der Waals surface area contributed by atoms with Crippen molar-refractivity contribution in [2.24, 2.45) is 10.8 Å². The zero-order chi connectivity index (χ0) is 19.1. The SMILES string of the molecule is NC(=O)COc1ccc(/C=N/NC(=O)c2cccc([N+](=O)[O-])c2)cc1Br. The highest BCUT2D eigenvalue weighted by Crippen LogP contribution is 2.25. The second-order valence-electron chi connectivity index (χ2n) is 4.95. The van der Waals surface area contributed by atoms with Crippen LogP contribution in [0.3, 0.4) is 0 Å². The van der Waals surface area contributed by atoms with Crippen LogP contribution in [0.1, 0.15) is 15.9 Å². The lowest BCUT2D eigenvalue weighted by Crippen LogP contribution is -2.20. The number of rotatable bonds is 7. The number of nitro benzene ring substituents is 1. The Kier molecular flexibility index (Phi) is 6.39. The van der Waals surface area contributed by atoms with E-state index < -0.39 is 16.7 Å². The molecule has 26 heavy (non-hydrogen) atoms. The smallest absolute Gasteiger partial charge is 0.271 e. The molecule has 0 aromatic heterocycles. The standard InChI is InChI=1S/C16H13BrN4O5/c17-13-6-10(4-5-14(13)26-9-15(18)22)8-19-20-16(23)11-2-1-3-12(7-11)21(24)25/h1-8H,9H2,(H2,18,22)(H,20,23)/b19-8+.